The van der Waals surface area contributed by atoms with Crippen LogP contribution < -0.4 is 20.7 Å². The molecule has 2 aromatic heterocycles. The van der Waals surface area contributed by atoms with Crippen molar-refractivity contribution in [3.8, 4) is 5.75 Å². The number of carbonyl (C=O) groups is 1. The number of amides is 1. The maximum atomic E-state index is 13.4. The minimum absolute atomic E-state index is 0.00449. The lowest BCUT2D eigenvalue weighted by molar-refractivity contribution is 0.0708. The number of ether oxygens (including phenoxy) is 1. The Hall–Kier alpha value is -3.82. The highest BCUT2D eigenvalue weighted by atomic mass is 35.5. The second kappa shape index (κ2) is 9.18. The van der Waals surface area contributed by atoms with Gasteiger partial charge in [-0.3, -0.25) is 4.79 Å². The van der Waals surface area contributed by atoms with Crippen molar-refractivity contribution in [2.45, 2.75) is 31.6 Å². The van der Waals surface area contributed by atoms with Crippen LogP contribution in [-0.2, 0) is 6.54 Å². The second-order valence-electron chi connectivity index (χ2n) is 10.2. The third-order valence-corrected chi connectivity index (χ3v) is 7.99. The largest absolute Gasteiger partial charge is 0.489 e. The zero-order chi connectivity index (χ0) is 25.8. The number of nitrogens with zero attached hydrogens (tertiary/aromatic N) is 5. The van der Waals surface area contributed by atoms with Gasteiger partial charge in [0.15, 0.2) is 0 Å². The number of para-hydroxylation sites is 1. The predicted octanol–water partition coefficient (Wildman–Crippen LogP) is 4.02. The van der Waals surface area contributed by atoms with Crippen LogP contribution in [0.15, 0.2) is 55.1 Å². The van der Waals surface area contributed by atoms with Gasteiger partial charge in [0.1, 0.15) is 30.5 Å². The topological polar surface area (TPSA) is 102 Å². The van der Waals surface area contributed by atoms with Crippen LogP contribution in [0.2, 0.25) is 5.02 Å². The van der Waals surface area contributed by atoms with Crippen LogP contribution in [0.1, 0.15) is 40.6 Å². The van der Waals surface area contributed by atoms with Crippen molar-refractivity contribution in [3.05, 3.63) is 77.0 Å². The first kappa shape index (κ1) is 23.3. The van der Waals surface area contributed by atoms with Crippen LogP contribution in [0.5, 0.6) is 5.75 Å². The summed E-state index contributed by atoms with van der Waals surface area (Å²) in [7, 11) is 0. The second-order valence-corrected chi connectivity index (χ2v) is 10.6. The number of nitrogens with two attached hydrogens (primary N) is 1. The smallest absolute Gasteiger partial charge is 0.254 e. The molecule has 5 heterocycles. The van der Waals surface area contributed by atoms with Gasteiger partial charge >= 0.3 is 0 Å². The molecule has 1 saturated heterocycles. The Labute approximate surface area is 225 Å². The van der Waals surface area contributed by atoms with E-state index in [0.717, 1.165) is 65.2 Å². The molecule has 7 rings (SSSR count). The van der Waals surface area contributed by atoms with Crippen LogP contribution in [0.4, 0.5) is 11.4 Å². The molecular formula is C28H28ClN7O2. The van der Waals surface area contributed by atoms with Crippen LogP contribution in [0, 0.1) is 0 Å². The summed E-state index contributed by atoms with van der Waals surface area (Å²) >= 11 is 6.73. The van der Waals surface area contributed by atoms with E-state index in [-0.39, 0.29) is 18.1 Å². The number of hydrogen-bond acceptors (Lipinski definition) is 7. The molecule has 0 aliphatic carbocycles. The Bertz CT molecular complexity index is 1540. The number of benzene rings is 2. The lowest BCUT2D eigenvalue weighted by Crippen LogP contribution is -2.45. The monoisotopic (exact) mass is 529 g/mol. The van der Waals surface area contributed by atoms with Crippen LogP contribution in [0.25, 0.3) is 10.9 Å². The third-order valence-electron chi connectivity index (χ3n) is 7.69. The minimum Gasteiger partial charge on any atom is -0.489 e. The molecule has 0 saturated carbocycles. The number of aromatic nitrogens is 3. The highest BCUT2D eigenvalue weighted by molar-refractivity contribution is 6.35. The molecule has 1 fully saturated rings. The summed E-state index contributed by atoms with van der Waals surface area (Å²) in [5.41, 5.74) is 11.7. The van der Waals surface area contributed by atoms with Gasteiger partial charge in [-0.15, -0.1) is 0 Å². The lowest BCUT2D eigenvalue weighted by Gasteiger charge is -2.33. The summed E-state index contributed by atoms with van der Waals surface area (Å²) in [4.78, 5) is 26.0. The highest BCUT2D eigenvalue weighted by Gasteiger charge is 2.38. The van der Waals surface area contributed by atoms with Crippen molar-refractivity contribution in [2.24, 2.45) is 5.73 Å². The summed E-state index contributed by atoms with van der Waals surface area (Å²) in [5.74, 6) is 0.723. The Balaban J connectivity index is 1.29. The van der Waals surface area contributed by atoms with Crippen molar-refractivity contribution in [2.75, 3.05) is 36.5 Å². The first-order chi connectivity index (χ1) is 18.6. The SMILES string of the molecule is NC1CCCN(C(=O)c2cc3c4c(c2)OCCN4[C@H](c2cc4cccc(Cl)c4n2Cc2cncnc2)N3)C1. The molecule has 4 aromatic rings. The number of piperidine rings is 1. The molecule has 0 bridgehead atoms. The fourth-order valence-electron chi connectivity index (χ4n) is 6.00. The Morgan fingerprint density at radius 1 is 1.18 bits per heavy atom. The molecule has 2 aromatic carbocycles. The summed E-state index contributed by atoms with van der Waals surface area (Å²) in [6.07, 6.45) is 6.91. The van der Waals surface area contributed by atoms with E-state index in [9.17, 15) is 4.79 Å². The molecule has 38 heavy (non-hydrogen) atoms. The summed E-state index contributed by atoms with van der Waals surface area (Å²) in [6.45, 7) is 3.14. The molecule has 1 unspecified atom stereocenters. The molecule has 3 aliphatic heterocycles. The van der Waals surface area contributed by atoms with Gasteiger partial charge in [-0.1, -0.05) is 23.7 Å². The van der Waals surface area contributed by atoms with Gasteiger partial charge in [-0.2, -0.15) is 0 Å². The molecule has 2 atom stereocenters. The molecule has 0 spiro atoms. The number of nitrogens with one attached hydrogen (secondary N) is 1. The lowest BCUT2D eigenvalue weighted by atomic mass is 10.0. The molecule has 3 aliphatic rings. The predicted molar refractivity (Wildman–Crippen MR) is 147 cm³/mol. The van der Waals surface area contributed by atoms with E-state index >= 15 is 0 Å². The third kappa shape index (κ3) is 3.85. The molecular weight excluding hydrogens is 502 g/mol. The number of halogens is 1. The van der Waals surface area contributed by atoms with E-state index in [1.54, 1.807) is 0 Å². The van der Waals surface area contributed by atoms with Crippen molar-refractivity contribution in [1.29, 1.82) is 0 Å². The Kier molecular flexibility index (Phi) is 5.63. The molecule has 0 radical (unpaired) electrons. The average molecular weight is 530 g/mol. The molecule has 1 amide bonds. The standard InChI is InChI=1S/C28H28ClN7O2/c29-21-5-1-3-18-10-23(36(25(18)21)14-17-12-31-16-32-13-17)27-33-22-9-19(11-24-26(22)35(27)7-8-38-24)28(37)34-6-2-4-20(30)15-34/h1,3,5,9-13,16,20,27,33H,2,4,6-8,14-15,30H2/t20?,27-/m1/s1. The van der Waals surface area contributed by atoms with Crippen LogP contribution >= 0.6 is 11.6 Å². The number of fused-ring (bicyclic) bond motifs is 1. The average Bonchev–Trinajstić information content (AvgIpc) is 3.49. The van der Waals surface area contributed by atoms with Crippen molar-refractivity contribution in [1.82, 2.24) is 19.4 Å². The normalized spacial score (nSPS) is 20.3. The van der Waals surface area contributed by atoms with Gasteiger partial charge in [0.2, 0.25) is 0 Å². The Morgan fingerprint density at radius 2 is 2.05 bits per heavy atom. The van der Waals surface area contributed by atoms with E-state index in [2.05, 4.69) is 36.9 Å². The molecule has 10 heteroatoms. The van der Waals surface area contributed by atoms with Gasteiger partial charge in [-0.05, 0) is 37.1 Å². The summed E-state index contributed by atoms with van der Waals surface area (Å²) in [5, 5.41) is 5.46. The quantitative estimate of drug-likeness (QED) is 0.411. The van der Waals surface area contributed by atoms with Gasteiger partial charge in [0.25, 0.3) is 5.91 Å². The number of anilines is 2. The summed E-state index contributed by atoms with van der Waals surface area (Å²) in [6, 6.07) is 12.0. The van der Waals surface area contributed by atoms with E-state index < -0.39 is 0 Å². The van der Waals surface area contributed by atoms with E-state index in [1.165, 1.54) is 6.33 Å². The fourth-order valence-corrected chi connectivity index (χ4v) is 6.28. The number of likely N-dealkylation sites (tertiary alicyclic amines) is 1. The maximum absolute atomic E-state index is 13.4. The van der Waals surface area contributed by atoms with Gasteiger partial charge in [0, 0.05) is 48.0 Å². The summed E-state index contributed by atoms with van der Waals surface area (Å²) < 4.78 is 8.31. The van der Waals surface area contributed by atoms with Crippen LogP contribution in [0.3, 0.4) is 0 Å². The number of carbonyl (C=O) groups excluding carboxylic acids is 1. The van der Waals surface area contributed by atoms with Crippen molar-refractivity contribution in [3.63, 3.8) is 0 Å². The first-order valence-electron chi connectivity index (χ1n) is 13.0. The van der Waals surface area contributed by atoms with Crippen LogP contribution in [-0.4, -0.2) is 57.6 Å². The van der Waals surface area contributed by atoms with Gasteiger partial charge < -0.3 is 30.2 Å². The number of rotatable bonds is 4. The van der Waals surface area contributed by atoms with Crippen molar-refractivity contribution >= 4 is 39.8 Å². The first-order valence-corrected chi connectivity index (χ1v) is 13.3. The number of hydrogen-bond donors (Lipinski definition) is 2. The molecule has 3 N–H and O–H groups in total. The Morgan fingerprint density at radius 3 is 2.89 bits per heavy atom. The zero-order valence-corrected chi connectivity index (χ0v) is 21.6. The maximum Gasteiger partial charge on any atom is 0.254 e. The molecule has 9 nitrogen and oxygen atoms in total. The van der Waals surface area contributed by atoms with Gasteiger partial charge in [-0.25, -0.2) is 9.97 Å². The minimum atomic E-state index is -0.158. The fraction of sp³-hybridized carbons (Fsp3) is 0.321. The van der Waals surface area contributed by atoms with Crippen molar-refractivity contribution < 1.29 is 9.53 Å². The van der Waals surface area contributed by atoms with E-state index in [0.29, 0.717) is 30.3 Å². The van der Waals surface area contributed by atoms with E-state index in [4.69, 9.17) is 22.1 Å². The van der Waals surface area contributed by atoms with E-state index in [1.807, 2.05) is 41.6 Å². The zero-order valence-electron chi connectivity index (χ0n) is 20.8. The highest BCUT2D eigenvalue weighted by Crippen LogP contribution is 2.50. The van der Waals surface area contributed by atoms with Gasteiger partial charge in [0.05, 0.1) is 35.0 Å². The molecule has 194 valence electrons.